The molecule has 0 bridgehead atoms. The summed E-state index contributed by atoms with van der Waals surface area (Å²) in [6.45, 7) is 6.97. The van der Waals surface area contributed by atoms with Crippen molar-refractivity contribution < 1.29 is 28.4 Å². The lowest BCUT2D eigenvalue weighted by Gasteiger charge is -2.63. The average Bonchev–Trinajstić information content (AvgIpc) is 3.38. The molecule has 6 rings (SSSR count). The molecule has 1 N–H and O–H groups in total. The zero-order valence-corrected chi connectivity index (χ0v) is 17.7. The van der Waals surface area contributed by atoms with E-state index in [1.165, 1.54) is 0 Å². The minimum absolute atomic E-state index is 0.0110. The third kappa shape index (κ3) is 2.39. The van der Waals surface area contributed by atoms with Crippen LogP contribution in [-0.2, 0) is 18.9 Å². The molecule has 6 heteroatoms. The number of hydrogen-bond donors (Lipinski definition) is 1. The predicted octanol–water partition coefficient (Wildman–Crippen LogP) is 3.43. The van der Waals surface area contributed by atoms with Gasteiger partial charge in [-0.05, 0) is 48.9 Å². The lowest BCUT2D eigenvalue weighted by molar-refractivity contribution is -0.269. The molecule has 164 valence electrons. The Balaban J connectivity index is 1.33. The summed E-state index contributed by atoms with van der Waals surface area (Å²) in [7, 11) is 0. The van der Waals surface area contributed by atoms with E-state index in [1.807, 2.05) is 0 Å². The quantitative estimate of drug-likeness (QED) is 0.663. The first-order chi connectivity index (χ1) is 13.8. The summed E-state index contributed by atoms with van der Waals surface area (Å²) < 4.78 is 39.8. The molecule has 0 aromatic rings. The van der Waals surface area contributed by atoms with Crippen molar-refractivity contribution in [1.82, 2.24) is 0 Å². The SMILES string of the molecule is C[C@]12CCC3(CC1[C@@H](O)CC1C2CC[C@@]2(C)C1C(F)CC21OCCO1)OCCO3. The van der Waals surface area contributed by atoms with Crippen LogP contribution in [0.1, 0.15) is 58.8 Å². The first kappa shape index (κ1) is 19.4. The van der Waals surface area contributed by atoms with E-state index < -0.39 is 23.8 Å². The van der Waals surface area contributed by atoms with E-state index in [1.54, 1.807) is 0 Å². The van der Waals surface area contributed by atoms with E-state index in [4.69, 9.17) is 18.9 Å². The van der Waals surface area contributed by atoms with E-state index in [9.17, 15) is 5.11 Å². The zero-order chi connectivity index (χ0) is 20.1. The third-order valence-electron chi connectivity index (χ3n) is 10.2. The zero-order valence-electron chi connectivity index (χ0n) is 17.7. The Morgan fingerprint density at radius 2 is 1.55 bits per heavy atom. The van der Waals surface area contributed by atoms with Crippen LogP contribution < -0.4 is 0 Å². The molecule has 5 unspecified atom stereocenters. The highest BCUT2D eigenvalue weighted by Crippen LogP contribution is 2.70. The molecular weight excluding hydrogens is 375 g/mol. The van der Waals surface area contributed by atoms with Gasteiger partial charge < -0.3 is 24.1 Å². The number of alkyl halides is 1. The first-order valence-corrected chi connectivity index (χ1v) is 11.7. The van der Waals surface area contributed by atoms with Crippen LogP contribution in [0, 0.1) is 34.5 Å². The fraction of sp³-hybridized carbons (Fsp3) is 1.00. The van der Waals surface area contributed by atoms with Crippen LogP contribution in [-0.4, -0.2) is 55.4 Å². The monoisotopic (exact) mass is 410 g/mol. The van der Waals surface area contributed by atoms with Crippen molar-refractivity contribution >= 4 is 0 Å². The molecule has 0 aromatic heterocycles. The van der Waals surface area contributed by atoms with Crippen LogP contribution in [0.3, 0.4) is 0 Å². The average molecular weight is 411 g/mol. The smallest absolute Gasteiger partial charge is 0.176 e. The Labute approximate surface area is 172 Å². The van der Waals surface area contributed by atoms with Crippen LogP contribution in [0.2, 0.25) is 0 Å². The molecule has 2 aliphatic heterocycles. The van der Waals surface area contributed by atoms with E-state index in [0.717, 1.165) is 32.1 Å². The fourth-order valence-electron chi connectivity index (χ4n) is 8.87. The van der Waals surface area contributed by atoms with Gasteiger partial charge in [-0.25, -0.2) is 4.39 Å². The van der Waals surface area contributed by atoms with Crippen molar-refractivity contribution in [2.75, 3.05) is 26.4 Å². The highest BCUT2D eigenvalue weighted by atomic mass is 19.1. The Hall–Kier alpha value is -0.270. The van der Waals surface area contributed by atoms with Crippen LogP contribution in [0.5, 0.6) is 0 Å². The second-order valence-electron chi connectivity index (χ2n) is 11.1. The van der Waals surface area contributed by atoms with E-state index >= 15 is 4.39 Å². The Bertz CT molecular complexity index is 674. The minimum Gasteiger partial charge on any atom is -0.393 e. The summed E-state index contributed by atoms with van der Waals surface area (Å²) in [4.78, 5) is 0. The maximum absolute atomic E-state index is 15.6. The molecule has 29 heavy (non-hydrogen) atoms. The summed E-state index contributed by atoms with van der Waals surface area (Å²) in [5, 5.41) is 11.3. The van der Waals surface area contributed by atoms with Crippen LogP contribution in [0.25, 0.3) is 0 Å². The molecule has 0 aromatic carbocycles. The molecule has 5 nitrogen and oxygen atoms in total. The van der Waals surface area contributed by atoms with Crippen LogP contribution in [0.15, 0.2) is 0 Å². The van der Waals surface area contributed by atoms with Crippen molar-refractivity contribution in [1.29, 1.82) is 0 Å². The maximum atomic E-state index is 15.6. The molecule has 0 amide bonds. The Morgan fingerprint density at radius 3 is 2.28 bits per heavy atom. The highest BCUT2D eigenvalue weighted by molar-refractivity contribution is 5.17. The molecule has 2 saturated heterocycles. The fourth-order valence-corrected chi connectivity index (χ4v) is 8.87. The second-order valence-corrected chi connectivity index (χ2v) is 11.1. The number of aliphatic hydroxyl groups is 1. The van der Waals surface area contributed by atoms with E-state index in [-0.39, 0.29) is 28.6 Å². The number of aliphatic hydroxyl groups excluding tert-OH is 1. The summed E-state index contributed by atoms with van der Waals surface area (Å²) in [5.74, 6) is -0.567. The summed E-state index contributed by atoms with van der Waals surface area (Å²) >= 11 is 0. The standard InChI is InChI=1S/C23H35FO5/c1-20-5-6-22(26-7-8-27-22)12-16(20)18(25)11-14-15(20)3-4-21(2)19(14)17(24)13-23(21)28-9-10-29-23/h14-19,25H,3-13H2,1-2H3/t14?,15?,16?,17?,18-,19?,20+,21-/m0/s1. The Kier molecular flexibility index (Phi) is 4.12. The largest absolute Gasteiger partial charge is 0.393 e. The lowest BCUT2D eigenvalue weighted by atomic mass is 9.44. The van der Waals surface area contributed by atoms with Gasteiger partial charge in [-0.15, -0.1) is 0 Å². The van der Waals surface area contributed by atoms with Gasteiger partial charge in [0.1, 0.15) is 6.17 Å². The van der Waals surface area contributed by atoms with E-state index in [0.29, 0.717) is 45.2 Å². The number of halogens is 1. The summed E-state index contributed by atoms with van der Waals surface area (Å²) in [5.41, 5.74) is -0.294. The van der Waals surface area contributed by atoms with Gasteiger partial charge in [-0.1, -0.05) is 13.8 Å². The van der Waals surface area contributed by atoms with Gasteiger partial charge >= 0.3 is 0 Å². The van der Waals surface area contributed by atoms with Gasteiger partial charge in [0, 0.05) is 30.6 Å². The molecule has 4 aliphatic carbocycles. The molecule has 0 radical (unpaired) electrons. The molecule has 6 aliphatic rings. The normalized spacial score (nSPS) is 55.0. The van der Waals surface area contributed by atoms with Gasteiger partial charge in [-0.2, -0.15) is 0 Å². The number of ether oxygens (including phenoxy) is 4. The molecule has 2 heterocycles. The first-order valence-electron chi connectivity index (χ1n) is 11.7. The highest BCUT2D eigenvalue weighted by Gasteiger charge is 2.72. The maximum Gasteiger partial charge on any atom is 0.176 e. The molecule has 4 saturated carbocycles. The van der Waals surface area contributed by atoms with Crippen molar-refractivity contribution in [3.63, 3.8) is 0 Å². The summed E-state index contributed by atoms with van der Waals surface area (Å²) in [6.07, 6.45) is 4.31. The third-order valence-corrected chi connectivity index (χ3v) is 10.2. The molecule has 6 fully saturated rings. The number of rotatable bonds is 0. The number of fused-ring (bicyclic) bond motifs is 6. The lowest BCUT2D eigenvalue weighted by Crippen LogP contribution is -2.62. The van der Waals surface area contributed by atoms with Crippen molar-refractivity contribution in [3.05, 3.63) is 0 Å². The van der Waals surface area contributed by atoms with Crippen molar-refractivity contribution in [2.24, 2.45) is 34.5 Å². The van der Waals surface area contributed by atoms with Crippen molar-refractivity contribution in [2.45, 2.75) is 82.6 Å². The molecule has 8 atom stereocenters. The second kappa shape index (κ2) is 6.16. The summed E-state index contributed by atoms with van der Waals surface area (Å²) in [6, 6.07) is 0. The topological polar surface area (TPSA) is 57.2 Å². The van der Waals surface area contributed by atoms with E-state index in [2.05, 4.69) is 13.8 Å². The Morgan fingerprint density at radius 1 is 0.862 bits per heavy atom. The molecule has 2 spiro atoms. The van der Waals surface area contributed by atoms with Gasteiger partial charge in [0.25, 0.3) is 0 Å². The molecular formula is C23H35FO5. The van der Waals surface area contributed by atoms with Gasteiger partial charge in [-0.3, -0.25) is 0 Å². The minimum atomic E-state index is -0.922. The van der Waals surface area contributed by atoms with Crippen molar-refractivity contribution in [3.8, 4) is 0 Å². The van der Waals surface area contributed by atoms with Crippen LogP contribution in [0.4, 0.5) is 4.39 Å². The predicted molar refractivity (Wildman–Crippen MR) is 103 cm³/mol. The van der Waals surface area contributed by atoms with Gasteiger partial charge in [0.2, 0.25) is 0 Å². The number of hydrogen-bond acceptors (Lipinski definition) is 5. The van der Waals surface area contributed by atoms with Crippen LogP contribution >= 0.6 is 0 Å². The van der Waals surface area contributed by atoms with Gasteiger partial charge in [0.15, 0.2) is 11.6 Å². The van der Waals surface area contributed by atoms with Gasteiger partial charge in [0.05, 0.1) is 32.5 Å².